The van der Waals surface area contributed by atoms with Gasteiger partial charge in [-0.25, -0.2) is 0 Å². The third-order valence-corrected chi connectivity index (χ3v) is 5.13. The van der Waals surface area contributed by atoms with Gasteiger partial charge >= 0.3 is 0 Å². The van der Waals surface area contributed by atoms with Crippen LogP contribution in [0.3, 0.4) is 0 Å². The van der Waals surface area contributed by atoms with Crippen molar-refractivity contribution in [3.8, 4) is 0 Å². The zero-order chi connectivity index (χ0) is 16.8. The van der Waals surface area contributed by atoms with Gasteiger partial charge in [-0.1, -0.05) is 74.5 Å². The fraction of sp³-hybridized carbons (Fsp3) is 0.333. The number of hydrogen-bond acceptors (Lipinski definition) is 0. The molecule has 124 valence electrons. The van der Waals surface area contributed by atoms with Crippen molar-refractivity contribution in [2.45, 2.75) is 52.4 Å². The Morgan fingerprint density at radius 3 is 2.17 bits per heavy atom. The summed E-state index contributed by atoms with van der Waals surface area (Å²) < 4.78 is 0. The molecule has 0 saturated heterocycles. The highest BCUT2D eigenvalue weighted by atomic mass is 14.2. The highest BCUT2D eigenvalue weighted by Gasteiger charge is 2.10. The van der Waals surface area contributed by atoms with Crippen LogP contribution in [0.5, 0.6) is 0 Å². The van der Waals surface area contributed by atoms with Crippen LogP contribution < -0.4 is 0 Å². The van der Waals surface area contributed by atoms with E-state index in [-0.39, 0.29) is 0 Å². The van der Waals surface area contributed by atoms with Crippen molar-refractivity contribution in [3.05, 3.63) is 82.9 Å². The third kappa shape index (κ3) is 3.70. The lowest BCUT2D eigenvalue weighted by Gasteiger charge is -2.18. The number of fused-ring (bicyclic) bond motifs is 2. The van der Waals surface area contributed by atoms with Crippen molar-refractivity contribution in [3.63, 3.8) is 0 Å². The predicted molar refractivity (Wildman–Crippen MR) is 106 cm³/mol. The van der Waals surface area contributed by atoms with Gasteiger partial charge in [0.2, 0.25) is 0 Å². The van der Waals surface area contributed by atoms with Crippen LogP contribution in [0.15, 0.2) is 60.7 Å². The second kappa shape index (κ2) is 8.15. The summed E-state index contributed by atoms with van der Waals surface area (Å²) in [6.07, 6.45) is 7.72. The van der Waals surface area contributed by atoms with Crippen LogP contribution in [0.4, 0.5) is 0 Å². The van der Waals surface area contributed by atoms with Crippen molar-refractivity contribution in [2.24, 2.45) is 0 Å². The van der Waals surface area contributed by atoms with E-state index in [2.05, 4.69) is 74.5 Å². The van der Waals surface area contributed by atoms with Gasteiger partial charge in [-0.2, -0.15) is 0 Å². The van der Waals surface area contributed by atoms with E-state index in [4.69, 9.17) is 0 Å². The number of benzene rings is 3. The molecule has 0 aromatic heterocycles. The molecular weight excluding hydrogens is 288 g/mol. The molecule has 0 amide bonds. The summed E-state index contributed by atoms with van der Waals surface area (Å²) in [4.78, 5) is 0. The summed E-state index contributed by atoms with van der Waals surface area (Å²) in [5, 5.41) is 2.74. The Hall–Kier alpha value is -2.08. The Labute approximate surface area is 146 Å². The second-order valence-corrected chi connectivity index (χ2v) is 6.61. The van der Waals surface area contributed by atoms with E-state index in [0.717, 1.165) is 6.42 Å². The van der Waals surface area contributed by atoms with E-state index >= 15 is 0 Å². The highest BCUT2D eigenvalue weighted by molar-refractivity contribution is 5.85. The van der Waals surface area contributed by atoms with Crippen LogP contribution in [-0.2, 0) is 25.7 Å². The molecule has 0 unspecified atom stereocenters. The summed E-state index contributed by atoms with van der Waals surface area (Å²) >= 11 is 0. The van der Waals surface area contributed by atoms with Crippen LogP contribution in [0, 0.1) is 0 Å². The maximum Gasteiger partial charge on any atom is -0.0152 e. The summed E-state index contributed by atoms with van der Waals surface area (Å²) in [5.74, 6) is 0. The van der Waals surface area contributed by atoms with E-state index in [1.165, 1.54) is 48.4 Å². The molecule has 1 aliphatic rings. The average molecular weight is 316 g/mol. The summed E-state index contributed by atoms with van der Waals surface area (Å²) in [6.45, 7) is 4.45. The molecule has 0 fully saturated rings. The fourth-order valence-electron chi connectivity index (χ4n) is 3.79. The van der Waals surface area contributed by atoms with Gasteiger partial charge in [-0.3, -0.25) is 0 Å². The van der Waals surface area contributed by atoms with Gasteiger partial charge in [0.1, 0.15) is 0 Å². The summed E-state index contributed by atoms with van der Waals surface area (Å²) in [7, 11) is 0. The zero-order valence-corrected chi connectivity index (χ0v) is 15.0. The molecule has 24 heavy (non-hydrogen) atoms. The Bertz CT molecular complexity index is 778. The van der Waals surface area contributed by atoms with Crippen LogP contribution in [-0.4, -0.2) is 0 Å². The first-order chi connectivity index (χ1) is 11.8. The standard InChI is InChI=1S/C12H16.C12H12/c2*1-2-10-7-5-8-11-6-3-4-9-12(10)11/h5,7-8H,2-4,6,9H2,1H3;3-9H,2H2,1H3. The highest BCUT2D eigenvalue weighted by Crippen LogP contribution is 2.24. The normalized spacial score (nSPS) is 13.1. The third-order valence-electron chi connectivity index (χ3n) is 5.13. The first-order valence-electron chi connectivity index (χ1n) is 9.39. The lowest BCUT2D eigenvalue weighted by molar-refractivity contribution is 0.679. The Kier molecular flexibility index (Phi) is 5.69. The average Bonchev–Trinajstić information content (AvgIpc) is 2.67. The predicted octanol–water partition coefficient (Wildman–Crippen LogP) is 6.53. The molecule has 0 aliphatic heterocycles. The lowest BCUT2D eigenvalue weighted by atomic mass is 9.87. The van der Waals surface area contributed by atoms with E-state index in [1.54, 1.807) is 16.7 Å². The van der Waals surface area contributed by atoms with Crippen molar-refractivity contribution < 1.29 is 0 Å². The molecule has 0 bridgehead atoms. The summed E-state index contributed by atoms with van der Waals surface area (Å²) in [5.41, 5.74) is 6.28. The quantitative estimate of drug-likeness (QED) is 0.504. The molecule has 0 radical (unpaired) electrons. The van der Waals surface area contributed by atoms with Crippen molar-refractivity contribution in [1.82, 2.24) is 0 Å². The molecule has 4 rings (SSSR count). The minimum absolute atomic E-state index is 1.11. The molecule has 3 aromatic carbocycles. The summed E-state index contributed by atoms with van der Waals surface area (Å²) in [6, 6.07) is 21.8. The first kappa shape index (κ1) is 16.8. The van der Waals surface area contributed by atoms with Gasteiger partial charge in [-0.15, -0.1) is 0 Å². The molecule has 0 atom stereocenters. The second-order valence-electron chi connectivity index (χ2n) is 6.61. The minimum atomic E-state index is 1.11. The smallest absolute Gasteiger partial charge is 0.0152 e. The molecule has 0 heterocycles. The topological polar surface area (TPSA) is 0 Å². The molecule has 3 aromatic rings. The zero-order valence-electron chi connectivity index (χ0n) is 15.0. The van der Waals surface area contributed by atoms with Crippen LogP contribution >= 0.6 is 0 Å². The van der Waals surface area contributed by atoms with Crippen molar-refractivity contribution in [1.29, 1.82) is 0 Å². The number of hydrogen-bond donors (Lipinski definition) is 0. The maximum atomic E-state index is 2.30. The van der Waals surface area contributed by atoms with Gasteiger partial charge in [0, 0.05) is 0 Å². The van der Waals surface area contributed by atoms with Crippen LogP contribution in [0.1, 0.15) is 48.9 Å². The van der Waals surface area contributed by atoms with Gasteiger partial charge in [0.15, 0.2) is 0 Å². The monoisotopic (exact) mass is 316 g/mol. The van der Waals surface area contributed by atoms with Gasteiger partial charge in [0.25, 0.3) is 0 Å². The molecule has 0 saturated carbocycles. The molecule has 0 N–H and O–H groups in total. The number of aryl methyl sites for hydroxylation is 3. The maximum absolute atomic E-state index is 2.30. The van der Waals surface area contributed by atoms with E-state index < -0.39 is 0 Å². The minimum Gasteiger partial charge on any atom is -0.0617 e. The Morgan fingerprint density at radius 1 is 0.667 bits per heavy atom. The SMILES string of the molecule is CCc1cccc2c1CCCC2.CCc1cccc2ccccc12. The molecular formula is C24H28. The van der Waals surface area contributed by atoms with E-state index in [0.29, 0.717) is 0 Å². The van der Waals surface area contributed by atoms with Crippen LogP contribution in [0.2, 0.25) is 0 Å². The Morgan fingerprint density at radius 2 is 1.33 bits per heavy atom. The number of rotatable bonds is 2. The fourth-order valence-corrected chi connectivity index (χ4v) is 3.79. The molecule has 0 spiro atoms. The first-order valence-corrected chi connectivity index (χ1v) is 9.39. The van der Waals surface area contributed by atoms with E-state index in [1.807, 2.05) is 0 Å². The molecule has 1 aliphatic carbocycles. The van der Waals surface area contributed by atoms with Crippen LogP contribution in [0.25, 0.3) is 10.8 Å². The van der Waals surface area contributed by atoms with Crippen molar-refractivity contribution in [2.75, 3.05) is 0 Å². The van der Waals surface area contributed by atoms with Crippen molar-refractivity contribution >= 4 is 10.8 Å². The largest absolute Gasteiger partial charge is 0.0617 e. The van der Waals surface area contributed by atoms with Gasteiger partial charge < -0.3 is 0 Å². The Balaban J connectivity index is 0.000000141. The van der Waals surface area contributed by atoms with Gasteiger partial charge in [0.05, 0.1) is 0 Å². The van der Waals surface area contributed by atoms with E-state index in [9.17, 15) is 0 Å². The lowest BCUT2D eigenvalue weighted by Crippen LogP contribution is -2.05. The van der Waals surface area contributed by atoms with Gasteiger partial charge in [-0.05, 0) is 71.6 Å². The molecule has 0 nitrogen and oxygen atoms in total. The molecule has 0 heteroatoms.